The first-order valence-corrected chi connectivity index (χ1v) is 5.84. The fourth-order valence-electron chi connectivity index (χ4n) is 1.67. The molecule has 0 aromatic heterocycles. The Kier molecular flexibility index (Phi) is 3.80. The predicted octanol–water partition coefficient (Wildman–Crippen LogP) is 3.07. The van der Waals surface area contributed by atoms with E-state index in [4.69, 9.17) is 10.5 Å². The molecule has 19 heavy (non-hydrogen) atoms. The number of nitrogens with two attached hydrogens (primary N) is 1. The minimum atomic E-state index is -0.546. The topological polar surface area (TPSA) is 52.3 Å². The van der Waals surface area contributed by atoms with E-state index in [1.165, 1.54) is 12.1 Å². The van der Waals surface area contributed by atoms with Crippen LogP contribution in [-0.2, 0) is 11.3 Å². The number of hydrogen-bond donors (Lipinski definition) is 1. The van der Waals surface area contributed by atoms with Gasteiger partial charge in [-0.25, -0.2) is 9.18 Å². The van der Waals surface area contributed by atoms with Crippen LogP contribution >= 0.6 is 0 Å². The molecule has 0 bridgehead atoms. The Morgan fingerprint density at radius 2 is 2.00 bits per heavy atom. The van der Waals surface area contributed by atoms with Gasteiger partial charge in [-0.2, -0.15) is 0 Å². The largest absolute Gasteiger partial charge is 0.457 e. The third-order valence-electron chi connectivity index (χ3n) is 2.85. The van der Waals surface area contributed by atoms with Crippen molar-refractivity contribution in [2.24, 2.45) is 0 Å². The van der Waals surface area contributed by atoms with Gasteiger partial charge < -0.3 is 10.5 Å². The van der Waals surface area contributed by atoms with Crippen LogP contribution in [0.3, 0.4) is 0 Å². The van der Waals surface area contributed by atoms with Gasteiger partial charge in [0.05, 0.1) is 11.3 Å². The monoisotopic (exact) mass is 259 g/mol. The Bertz CT molecular complexity index is 611. The standard InChI is InChI=1S/C15H14FNO2/c1-10-4-2-3-5-12(10)9-19-15(18)11-6-7-13(16)14(17)8-11/h2-8H,9,17H2,1H3. The van der Waals surface area contributed by atoms with Crippen LogP contribution in [0.5, 0.6) is 0 Å². The van der Waals surface area contributed by atoms with Gasteiger partial charge >= 0.3 is 5.97 Å². The highest BCUT2D eigenvalue weighted by Gasteiger charge is 2.10. The molecule has 0 atom stereocenters. The summed E-state index contributed by atoms with van der Waals surface area (Å²) in [5.41, 5.74) is 7.57. The normalized spacial score (nSPS) is 10.2. The Balaban J connectivity index is 2.05. The zero-order valence-corrected chi connectivity index (χ0v) is 10.5. The van der Waals surface area contributed by atoms with Crippen molar-refractivity contribution >= 4 is 11.7 Å². The smallest absolute Gasteiger partial charge is 0.338 e. The highest BCUT2D eigenvalue weighted by Crippen LogP contribution is 2.14. The summed E-state index contributed by atoms with van der Waals surface area (Å²) >= 11 is 0. The molecule has 0 saturated carbocycles. The fraction of sp³-hybridized carbons (Fsp3) is 0.133. The number of aryl methyl sites for hydroxylation is 1. The zero-order chi connectivity index (χ0) is 13.8. The molecule has 4 heteroatoms. The highest BCUT2D eigenvalue weighted by molar-refractivity contribution is 5.90. The van der Waals surface area contributed by atoms with Crippen molar-refractivity contribution in [3.8, 4) is 0 Å². The number of benzene rings is 2. The molecule has 0 heterocycles. The molecular weight excluding hydrogens is 245 g/mol. The molecule has 0 aliphatic carbocycles. The van der Waals surface area contributed by atoms with Gasteiger partial charge in [-0.05, 0) is 36.2 Å². The molecule has 0 amide bonds. The first kappa shape index (κ1) is 13.1. The van der Waals surface area contributed by atoms with Crippen molar-refractivity contribution in [2.75, 3.05) is 5.73 Å². The Morgan fingerprint density at radius 1 is 1.26 bits per heavy atom. The van der Waals surface area contributed by atoms with Crippen LogP contribution < -0.4 is 5.73 Å². The Hall–Kier alpha value is -2.36. The van der Waals surface area contributed by atoms with Crippen LogP contribution in [0.4, 0.5) is 10.1 Å². The molecule has 98 valence electrons. The molecule has 0 aliphatic heterocycles. The quantitative estimate of drug-likeness (QED) is 0.680. The maximum Gasteiger partial charge on any atom is 0.338 e. The number of carbonyl (C=O) groups is 1. The summed E-state index contributed by atoms with van der Waals surface area (Å²) in [7, 11) is 0. The zero-order valence-electron chi connectivity index (χ0n) is 10.5. The maximum absolute atomic E-state index is 13.0. The number of esters is 1. The van der Waals surface area contributed by atoms with E-state index < -0.39 is 11.8 Å². The summed E-state index contributed by atoms with van der Waals surface area (Å²) in [6.45, 7) is 2.13. The summed E-state index contributed by atoms with van der Waals surface area (Å²) in [5.74, 6) is -1.06. The van der Waals surface area contributed by atoms with Crippen LogP contribution in [0.1, 0.15) is 21.5 Å². The molecule has 0 aliphatic rings. The lowest BCUT2D eigenvalue weighted by atomic mass is 10.1. The van der Waals surface area contributed by atoms with Gasteiger partial charge in [0, 0.05) is 0 Å². The highest BCUT2D eigenvalue weighted by atomic mass is 19.1. The van der Waals surface area contributed by atoms with E-state index >= 15 is 0 Å². The molecule has 2 aromatic rings. The molecule has 2 aromatic carbocycles. The second-order valence-corrected chi connectivity index (χ2v) is 4.24. The second kappa shape index (κ2) is 5.52. The van der Waals surface area contributed by atoms with Gasteiger partial charge in [-0.1, -0.05) is 24.3 Å². The fourth-order valence-corrected chi connectivity index (χ4v) is 1.67. The van der Waals surface area contributed by atoms with Crippen molar-refractivity contribution in [1.82, 2.24) is 0 Å². The molecule has 2 N–H and O–H groups in total. The summed E-state index contributed by atoms with van der Waals surface area (Å²) < 4.78 is 18.2. The van der Waals surface area contributed by atoms with Crippen molar-refractivity contribution < 1.29 is 13.9 Å². The molecule has 0 spiro atoms. The first-order valence-electron chi connectivity index (χ1n) is 5.84. The van der Waals surface area contributed by atoms with Crippen LogP contribution in [0, 0.1) is 12.7 Å². The third-order valence-corrected chi connectivity index (χ3v) is 2.85. The van der Waals surface area contributed by atoms with E-state index in [0.29, 0.717) is 0 Å². The first-order chi connectivity index (χ1) is 9.08. The lowest BCUT2D eigenvalue weighted by molar-refractivity contribution is 0.0472. The van der Waals surface area contributed by atoms with Crippen LogP contribution in [-0.4, -0.2) is 5.97 Å². The molecular formula is C15H14FNO2. The van der Waals surface area contributed by atoms with Crippen LogP contribution in [0.25, 0.3) is 0 Å². The summed E-state index contributed by atoms with van der Waals surface area (Å²) in [6, 6.07) is 11.4. The minimum absolute atomic E-state index is 0.0645. The molecule has 0 radical (unpaired) electrons. The van der Waals surface area contributed by atoms with Crippen molar-refractivity contribution in [3.63, 3.8) is 0 Å². The van der Waals surface area contributed by atoms with Crippen molar-refractivity contribution in [2.45, 2.75) is 13.5 Å². The molecule has 2 rings (SSSR count). The average Bonchev–Trinajstić information content (AvgIpc) is 2.40. The SMILES string of the molecule is Cc1ccccc1COC(=O)c1ccc(F)c(N)c1. The molecule has 0 saturated heterocycles. The summed E-state index contributed by atoms with van der Waals surface area (Å²) in [4.78, 5) is 11.8. The number of nitrogen functional groups attached to an aromatic ring is 1. The van der Waals surface area contributed by atoms with Crippen molar-refractivity contribution in [3.05, 3.63) is 65.0 Å². The molecule has 0 fully saturated rings. The molecule has 3 nitrogen and oxygen atoms in total. The third kappa shape index (κ3) is 3.10. The second-order valence-electron chi connectivity index (χ2n) is 4.24. The van der Waals surface area contributed by atoms with Gasteiger partial charge in [-0.15, -0.1) is 0 Å². The van der Waals surface area contributed by atoms with E-state index in [1.54, 1.807) is 0 Å². The van der Waals surface area contributed by atoms with Gasteiger partial charge in [0.1, 0.15) is 12.4 Å². The van der Waals surface area contributed by atoms with Crippen molar-refractivity contribution in [1.29, 1.82) is 0 Å². The van der Waals surface area contributed by atoms with Gasteiger partial charge in [0.25, 0.3) is 0 Å². The number of halogens is 1. The minimum Gasteiger partial charge on any atom is -0.457 e. The van der Waals surface area contributed by atoms with Gasteiger partial charge in [-0.3, -0.25) is 0 Å². The van der Waals surface area contributed by atoms with E-state index in [0.717, 1.165) is 17.2 Å². The average molecular weight is 259 g/mol. The lowest BCUT2D eigenvalue weighted by Crippen LogP contribution is -2.07. The number of anilines is 1. The summed E-state index contributed by atoms with van der Waals surface area (Å²) in [6.07, 6.45) is 0. The summed E-state index contributed by atoms with van der Waals surface area (Å²) in [5, 5.41) is 0. The maximum atomic E-state index is 13.0. The Labute approximate surface area is 110 Å². The van der Waals surface area contributed by atoms with Gasteiger partial charge in [0.15, 0.2) is 0 Å². The number of ether oxygens (including phenoxy) is 1. The predicted molar refractivity (Wildman–Crippen MR) is 71.1 cm³/mol. The number of carbonyl (C=O) groups excluding carboxylic acids is 1. The lowest BCUT2D eigenvalue weighted by Gasteiger charge is -2.08. The van der Waals surface area contributed by atoms with E-state index in [9.17, 15) is 9.18 Å². The number of hydrogen-bond acceptors (Lipinski definition) is 3. The van der Waals surface area contributed by atoms with Gasteiger partial charge in [0.2, 0.25) is 0 Å². The van der Waals surface area contributed by atoms with E-state index in [1.807, 2.05) is 31.2 Å². The van der Waals surface area contributed by atoms with E-state index in [2.05, 4.69) is 0 Å². The molecule has 0 unspecified atom stereocenters. The van der Waals surface area contributed by atoms with Crippen LogP contribution in [0.2, 0.25) is 0 Å². The Morgan fingerprint density at radius 3 is 2.68 bits per heavy atom. The van der Waals surface area contributed by atoms with E-state index in [-0.39, 0.29) is 17.9 Å². The number of rotatable bonds is 3. The van der Waals surface area contributed by atoms with Crippen LogP contribution in [0.15, 0.2) is 42.5 Å².